The summed E-state index contributed by atoms with van der Waals surface area (Å²) in [7, 11) is 5.55. The Bertz CT molecular complexity index is 1080. The van der Waals surface area contributed by atoms with E-state index in [0.29, 0.717) is 13.0 Å². The first kappa shape index (κ1) is 41.0. The topological polar surface area (TPSA) is 176 Å². The molecule has 4 N–H and O–H groups in total. The highest BCUT2D eigenvalue weighted by atomic mass is 16.7. The predicted octanol–water partition coefficient (Wildman–Crippen LogP) is 2.20. The van der Waals surface area contributed by atoms with E-state index in [2.05, 4.69) is 0 Å². The van der Waals surface area contributed by atoms with E-state index in [-0.39, 0.29) is 37.3 Å². The minimum atomic E-state index is -1.76. The summed E-state index contributed by atoms with van der Waals surface area (Å²) in [6, 6.07) is -0.804. The van der Waals surface area contributed by atoms with Crippen molar-refractivity contribution in [3.05, 3.63) is 11.6 Å². The maximum absolute atomic E-state index is 13.4. The number of aliphatic hydroxyl groups is 3. The van der Waals surface area contributed by atoms with Crippen LogP contribution < -0.4 is 0 Å². The Morgan fingerprint density at radius 1 is 1.13 bits per heavy atom. The summed E-state index contributed by atoms with van der Waals surface area (Å²) >= 11 is 0. The molecule has 0 aliphatic carbocycles. The van der Waals surface area contributed by atoms with Gasteiger partial charge in [0.15, 0.2) is 12.4 Å². The Hall–Kier alpha value is -2.13. The molecule has 1 fully saturated rings. The Kier molecular flexibility index (Phi) is 15.3. The number of aliphatic carboxylic acids is 1. The van der Waals surface area contributed by atoms with Crippen molar-refractivity contribution < 1.29 is 53.8 Å². The fraction of sp³-hybridized carbons (Fsp3) is 0.853. The number of hydrogen-bond donors (Lipinski definition) is 4. The molecule has 272 valence electrons. The molecule has 1 saturated heterocycles. The van der Waals surface area contributed by atoms with Crippen LogP contribution in [0.15, 0.2) is 11.6 Å². The number of cyclic esters (lactones) is 1. The lowest BCUT2D eigenvalue weighted by molar-refractivity contribution is -0.276. The van der Waals surface area contributed by atoms with Crippen LogP contribution in [0.3, 0.4) is 0 Å². The standard InChI is InChI=1S/C34H60N2O11/c1-12-25-34(8,43)31(41)23(7)36(11)17-18(2)15-19(3)29(21(5)28(40)22(6)32(42)45-25)47-33-30(46-27(39)14-13-26(37)38)24(35(9)10)16-20(4)44-33/h15,18,20-25,28-31,33,40-41,43H,12-14,16-17H2,1-11H3,(H,37,38)/b19-15+/t18-,20-,21+,22-,23-,24+,25-,28+,29+,30-,31-,33+,34-/m1/s1. The first-order valence-electron chi connectivity index (χ1n) is 16.8. The number of rotatable bonds is 8. The number of carboxylic acid groups (broad SMARTS) is 1. The van der Waals surface area contributed by atoms with Crippen LogP contribution >= 0.6 is 0 Å². The summed E-state index contributed by atoms with van der Waals surface area (Å²) in [5, 5.41) is 43.3. The lowest BCUT2D eigenvalue weighted by atomic mass is 9.85. The van der Waals surface area contributed by atoms with Gasteiger partial charge in [-0.15, -0.1) is 0 Å². The van der Waals surface area contributed by atoms with E-state index in [1.165, 1.54) is 6.92 Å². The lowest BCUT2D eigenvalue weighted by Gasteiger charge is -2.45. The third-order valence-corrected chi connectivity index (χ3v) is 9.85. The van der Waals surface area contributed by atoms with Crippen LogP contribution in [-0.2, 0) is 33.3 Å². The van der Waals surface area contributed by atoms with Gasteiger partial charge in [0.2, 0.25) is 0 Å². The second kappa shape index (κ2) is 17.5. The van der Waals surface area contributed by atoms with Crippen LogP contribution in [0.4, 0.5) is 0 Å². The summed E-state index contributed by atoms with van der Waals surface area (Å²) < 4.78 is 24.5. The predicted molar refractivity (Wildman–Crippen MR) is 174 cm³/mol. The number of esters is 2. The Morgan fingerprint density at radius 2 is 1.74 bits per heavy atom. The Morgan fingerprint density at radius 3 is 2.30 bits per heavy atom. The summed E-state index contributed by atoms with van der Waals surface area (Å²) in [4.78, 5) is 41.1. The van der Waals surface area contributed by atoms with Crippen molar-refractivity contribution in [2.24, 2.45) is 17.8 Å². The number of carbonyl (C=O) groups is 3. The second-order valence-corrected chi connectivity index (χ2v) is 14.2. The van der Waals surface area contributed by atoms with Gasteiger partial charge in [-0.1, -0.05) is 26.8 Å². The van der Waals surface area contributed by atoms with E-state index in [0.717, 1.165) is 5.57 Å². The van der Waals surface area contributed by atoms with Gasteiger partial charge in [-0.3, -0.25) is 14.4 Å². The number of ether oxygens (including phenoxy) is 4. The smallest absolute Gasteiger partial charge is 0.311 e. The van der Waals surface area contributed by atoms with Gasteiger partial charge < -0.3 is 49.2 Å². The van der Waals surface area contributed by atoms with Crippen LogP contribution in [0, 0.1) is 17.8 Å². The molecule has 0 saturated carbocycles. The van der Waals surface area contributed by atoms with E-state index in [9.17, 15) is 29.7 Å². The number of hydrogen-bond acceptors (Lipinski definition) is 12. The summed E-state index contributed by atoms with van der Waals surface area (Å²) in [6.07, 6.45) is -4.50. The molecule has 0 aromatic rings. The van der Waals surface area contributed by atoms with Gasteiger partial charge in [0, 0.05) is 18.5 Å². The largest absolute Gasteiger partial charge is 0.481 e. The fourth-order valence-corrected chi connectivity index (χ4v) is 6.75. The molecule has 0 aromatic carbocycles. The van der Waals surface area contributed by atoms with E-state index in [1.54, 1.807) is 27.7 Å². The zero-order valence-electron chi connectivity index (χ0n) is 30.1. The molecule has 13 atom stereocenters. The van der Waals surface area contributed by atoms with Gasteiger partial charge >= 0.3 is 17.9 Å². The zero-order chi connectivity index (χ0) is 36.0. The second-order valence-electron chi connectivity index (χ2n) is 14.2. The van der Waals surface area contributed by atoms with Crippen molar-refractivity contribution in [2.45, 2.75) is 142 Å². The average molecular weight is 673 g/mol. The van der Waals surface area contributed by atoms with E-state index in [1.807, 2.05) is 57.8 Å². The Labute approximate surface area is 280 Å². The monoisotopic (exact) mass is 672 g/mol. The van der Waals surface area contributed by atoms with Crippen molar-refractivity contribution in [2.75, 3.05) is 27.7 Å². The molecular weight excluding hydrogens is 612 g/mol. The summed E-state index contributed by atoms with van der Waals surface area (Å²) in [5.41, 5.74) is -1.01. The van der Waals surface area contributed by atoms with Crippen molar-refractivity contribution in [3.8, 4) is 0 Å². The molecule has 0 amide bonds. The van der Waals surface area contributed by atoms with Gasteiger partial charge in [0.1, 0.15) is 17.8 Å². The zero-order valence-corrected chi connectivity index (χ0v) is 30.1. The van der Waals surface area contributed by atoms with Gasteiger partial charge in [0.05, 0.1) is 43.1 Å². The first-order chi connectivity index (χ1) is 21.7. The van der Waals surface area contributed by atoms with Crippen molar-refractivity contribution in [3.63, 3.8) is 0 Å². The first-order valence-corrected chi connectivity index (χ1v) is 16.8. The summed E-state index contributed by atoms with van der Waals surface area (Å²) in [5.74, 6) is -4.31. The Balaban J connectivity index is 2.57. The molecule has 0 spiro atoms. The molecule has 0 aromatic heterocycles. The van der Waals surface area contributed by atoms with E-state index >= 15 is 0 Å². The maximum Gasteiger partial charge on any atom is 0.311 e. The highest BCUT2D eigenvalue weighted by molar-refractivity contribution is 5.76. The molecule has 2 aliphatic rings. The van der Waals surface area contributed by atoms with E-state index in [4.69, 9.17) is 24.1 Å². The molecule has 47 heavy (non-hydrogen) atoms. The molecule has 0 radical (unpaired) electrons. The number of carbonyl (C=O) groups excluding carboxylic acids is 2. The molecule has 13 heteroatoms. The fourth-order valence-electron chi connectivity index (χ4n) is 6.75. The minimum absolute atomic E-state index is 0.0668. The number of aliphatic hydroxyl groups excluding tert-OH is 2. The number of nitrogens with zero attached hydrogens (tertiary/aromatic N) is 2. The molecule has 2 aliphatic heterocycles. The molecule has 2 heterocycles. The third-order valence-electron chi connectivity index (χ3n) is 9.85. The quantitative estimate of drug-likeness (QED) is 0.218. The van der Waals surface area contributed by atoms with Crippen molar-refractivity contribution >= 4 is 17.9 Å². The lowest BCUT2D eigenvalue weighted by Crippen LogP contribution is -2.59. The molecule has 13 nitrogen and oxygen atoms in total. The molecular formula is C34H60N2O11. The van der Waals surface area contributed by atoms with Crippen LogP contribution in [-0.4, -0.2) is 136 Å². The van der Waals surface area contributed by atoms with Crippen molar-refractivity contribution in [1.82, 2.24) is 9.80 Å². The van der Waals surface area contributed by atoms with Crippen LogP contribution in [0.2, 0.25) is 0 Å². The van der Waals surface area contributed by atoms with Gasteiger partial charge in [-0.05, 0) is 80.1 Å². The number of likely N-dealkylation sites (N-methyl/N-ethyl adjacent to an activating group) is 2. The van der Waals surface area contributed by atoms with Gasteiger partial charge in [0.25, 0.3) is 0 Å². The van der Waals surface area contributed by atoms with Crippen LogP contribution in [0.5, 0.6) is 0 Å². The minimum Gasteiger partial charge on any atom is -0.481 e. The average Bonchev–Trinajstić information content (AvgIpc) is 2.99. The van der Waals surface area contributed by atoms with E-state index < -0.39 is 78.2 Å². The maximum atomic E-state index is 13.4. The van der Waals surface area contributed by atoms with Crippen LogP contribution in [0.25, 0.3) is 0 Å². The van der Waals surface area contributed by atoms with Crippen LogP contribution in [0.1, 0.15) is 81.1 Å². The number of carboxylic acids is 1. The highest BCUT2D eigenvalue weighted by Gasteiger charge is 2.47. The van der Waals surface area contributed by atoms with Gasteiger partial charge in [-0.25, -0.2) is 0 Å². The molecule has 0 unspecified atom stereocenters. The molecule has 0 bridgehead atoms. The normalized spacial score (nSPS) is 41.3. The highest BCUT2D eigenvalue weighted by Crippen LogP contribution is 2.34. The molecule has 2 rings (SSSR count). The SMILES string of the molecule is CC[C@H]1OC(=O)[C@H](C)[C@@H](O)[C@H](C)[C@@H](O[C@@H]2O[C@H](C)C[C@H](N(C)C)[C@H]2OC(=O)CCC(=O)O)/C(C)=C/[C@@H](C)CN(C)[C@H](C)[C@@H](O)[C@]1(C)O. The third kappa shape index (κ3) is 10.7. The van der Waals surface area contributed by atoms with Gasteiger partial charge in [-0.2, -0.15) is 0 Å². The summed E-state index contributed by atoms with van der Waals surface area (Å²) in [6.45, 7) is 14.6. The van der Waals surface area contributed by atoms with Crippen molar-refractivity contribution in [1.29, 1.82) is 0 Å².